The molecule has 0 bridgehead atoms. The van der Waals surface area contributed by atoms with Gasteiger partial charge in [0.1, 0.15) is 0 Å². The zero-order valence-corrected chi connectivity index (χ0v) is 14.8. The standard InChI is InChI=1S/C21H20N4O2/c26-20(16-7-9-19(10-8-16)25-12-2-11-23-25)22-14-15-3-1-4-18(13-15)24-21(27)17-5-6-17/h1-4,7-13,17H,5-6,14H2,(H,22,26)(H,24,27). The third-order valence-electron chi connectivity index (χ3n) is 4.49. The third kappa shape index (κ3) is 4.23. The van der Waals surface area contributed by atoms with Crippen LogP contribution in [0.25, 0.3) is 5.69 Å². The van der Waals surface area contributed by atoms with Gasteiger partial charge in [-0.2, -0.15) is 5.10 Å². The second-order valence-corrected chi connectivity index (χ2v) is 6.64. The van der Waals surface area contributed by atoms with Crippen LogP contribution < -0.4 is 10.6 Å². The molecule has 27 heavy (non-hydrogen) atoms. The summed E-state index contributed by atoms with van der Waals surface area (Å²) in [5.41, 5.74) is 3.19. The van der Waals surface area contributed by atoms with E-state index in [1.807, 2.05) is 48.7 Å². The van der Waals surface area contributed by atoms with Crippen LogP contribution in [0.15, 0.2) is 67.0 Å². The lowest BCUT2D eigenvalue weighted by Gasteiger charge is -2.09. The van der Waals surface area contributed by atoms with E-state index in [0.29, 0.717) is 12.1 Å². The van der Waals surface area contributed by atoms with Crippen LogP contribution in [-0.4, -0.2) is 21.6 Å². The van der Waals surface area contributed by atoms with Gasteiger partial charge in [0, 0.05) is 36.1 Å². The maximum absolute atomic E-state index is 12.4. The molecule has 136 valence electrons. The molecule has 2 aromatic carbocycles. The van der Waals surface area contributed by atoms with Crippen molar-refractivity contribution >= 4 is 17.5 Å². The van der Waals surface area contributed by atoms with E-state index in [0.717, 1.165) is 29.8 Å². The van der Waals surface area contributed by atoms with Gasteiger partial charge in [0.05, 0.1) is 5.69 Å². The Labute approximate surface area is 157 Å². The first-order chi connectivity index (χ1) is 13.2. The molecule has 1 aliphatic rings. The van der Waals surface area contributed by atoms with E-state index in [-0.39, 0.29) is 17.7 Å². The largest absolute Gasteiger partial charge is 0.348 e. The lowest BCUT2D eigenvalue weighted by Crippen LogP contribution is -2.23. The van der Waals surface area contributed by atoms with Crippen LogP contribution in [0.3, 0.4) is 0 Å². The van der Waals surface area contributed by atoms with Crippen molar-refractivity contribution in [3.05, 3.63) is 78.1 Å². The molecule has 1 aliphatic carbocycles. The molecule has 0 radical (unpaired) electrons. The van der Waals surface area contributed by atoms with Crippen molar-refractivity contribution in [3.8, 4) is 5.69 Å². The van der Waals surface area contributed by atoms with Gasteiger partial charge >= 0.3 is 0 Å². The molecule has 3 aromatic rings. The summed E-state index contributed by atoms with van der Waals surface area (Å²) in [6, 6.07) is 16.7. The van der Waals surface area contributed by atoms with Crippen molar-refractivity contribution < 1.29 is 9.59 Å². The Bertz CT molecular complexity index is 945. The van der Waals surface area contributed by atoms with Gasteiger partial charge in [-0.3, -0.25) is 9.59 Å². The average Bonchev–Trinajstić information content (AvgIpc) is 3.41. The number of aromatic nitrogens is 2. The number of nitrogens with zero attached hydrogens (tertiary/aromatic N) is 2. The summed E-state index contributed by atoms with van der Waals surface area (Å²) in [5, 5.41) is 10.0. The molecule has 6 nitrogen and oxygen atoms in total. The number of rotatable bonds is 6. The predicted molar refractivity (Wildman–Crippen MR) is 103 cm³/mol. The topological polar surface area (TPSA) is 76.0 Å². The molecule has 0 atom stereocenters. The van der Waals surface area contributed by atoms with Gasteiger partial charge in [-0.25, -0.2) is 4.68 Å². The van der Waals surface area contributed by atoms with E-state index in [2.05, 4.69) is 15.7 Å². The number of anilines is 1. The van der Waals surface area contributed by atoms with Crippen molar-refractivity contribution in [2.45, 2.75) is 19.4 Å². The number of carbonyl (C=O) groups excluding carboxylic acids is 2. The van der Waals surface area contributed by atoms with Crippen LogP contribution in [0, 0.1) is 5.92 Å². The first-order valence-corrected chi connectivity index (χ1v) is 8.97. The van der Waals surface area contributed by atoms with Gasteiger partial charge in [0.15, 0.2) is 0 Å². The number of hydrogen-bond donors (Lipinski definition) is 2. The quantitative estimate of drug-likeness (QED) is 0.709. The summed E-state index contributed by atoms with van der Waals surface area (Å²) in [6.07, 6.45) is 5.51. The monoisotopic (exact) mass is 360 g/mol. The van der Waals surface area contributed by atoms with E-state index in [4.69, 9.17) is 0 Å². The molecule has 0 unspecified atom stereocenters. The number of hydrogen-bond acceptors (Lipinski definition) is 3. The summed E-state index contributed by atoms with van der Waals surface area (Å²) in [5.74, 6) is 0.0981. The first kappa shape index (κ1) is 17.0. The Morgan fingerprint density at radius 2 is 1.89 bits per heavy atom. The molecule has 0 aliphatic heterocycles. The van der Waals surface area contributed by atoms with E-state index < -0.39 is 0 Å². The SMILES string of the molecule is O=C(NCc1cccc(NC(=O)C2CC2)c1)c1ccc(-n2cccn2)cc1. The Balaban J connectivity index is 1.35. The highest BCUT2D eigenvalue weighted by molar-refractivity contribution is 5.95. The third-order valence-corrected chi connectivity index (χ3v) is 4.49. The average molecular weight is 360 g/mol. The van der Waals surface area contributed by atoms with Crippen molar-refractivity contribution in [3.63, 3.8) is 0 Å². The Kier molecular flexibility index (Phi) is 4.70. The highest BCUT2D eigenvalue weighted by Gasteiger charge is 2.29. The van der Waals surface area contributed by atoms with Gasteiger partial charge in [0.2, 0.25) is 5.91 Å². The van der Waals surface area contributed by atoms with E-state index in [1.165, 1.54) is 0 Å². The van der Waals surface area contributed by atoms with Crippen molar-refractivity contribution in [2.24, 2.45) is 5.92 Å². The number of carbonyl (C=O) groups is 2. The van der Waals surface area contributed by atoms with Gasteiger partial charge in [0.25, 0.3) is 5.91 Å². The van der Waals surface area contributed by atoms with E-state index >= 15 is 0 Å². The normalized spacial score (nSPS) is 13.2. The van der Waals surface area contributed by atoms with Crippen molar-refractivity contribution in [1.82, 2.24) is 15.1 Å². The lowest BCUT2D eigenvalue weighted by molar-refractivity contribution is -0.117. The smallest absolute Gasteiger partial charge is 0.251 e. The minimum Gasteiger partial charge on any atom is -0.348 e. The van der Waals surface area contributed by atoms with Crippen molar-refractivity contribution in [2.75, 3.05) is 5.32 Å². The Morgan fingerprint density at radius 1 is 1.07 bits per heavy atom. The maximum atomic E-state index is 12.4. The summed E-state index contributed by atoms with van der Waals surface area (Å²) in [6.45, 7) is 0.396. The molecule has 1 heterocycles. The second-order valence-electron chi connectivity index (χ2n) is 6.64. The van der Waals surface area contributed by atoms with Crippen LogP contribution in [0.2, 0.25) is 0 Å². The van der Waals surface area contributed by atoms with Gasteiger partial charge in [-0.1, -0.05) is 12.1 Å². The van der Waals surface area contributed by atoms with Crippen LogP contribution in [0.1, 0.15) is 28.8 Å². The molecule has 1 aromatic heterocycles. The minimum absolute atomic E-state index is 0.0773. The van der Waals surface area contributed by atoms with Crippen LogP contribution in [0.4, 0.5) is 5.69 Å². The summed E-state index contributed by atoms with van der Waals surface area (Å²) >= 11 is 0. The maximum Gasteiger partial charge on any atom is 0.251 e. The minimum atomic E-state index is -0.144. The molecule has 2 N–H and O–H groups in total. The number of amides is 2. The molecule has 1 fully saturated rings. The highest BCUT2D eigenvalue weighted by Crippen LogP contribution is 2.30. The molecule has 2 amide bonds. The summed E-state index contributed by atoms with van der Waals surface area (Å²) in [7, 11) is 0. The lowest BCUT2D eigenvalue weighted by atomic mass is 10.1. The highest BCUT2D eigenvalue weighted by atomic mass is 16.2. The first-order valence-electron chi connectivity index (χ1n) is 8.97. The van der Waals surface area contributed by atoms with Gasteiger partial charge in [-0.15, -0.1) is 0 Å². The Morgan fingerprint density at radius 3 is 2.59 bits per heavy atom. The molecule has 0 spiro atoms. The van der Waals surface area contributed by atoms with Crippen LogP contribution in [-0.2, 0) is 11.3 Å². The van der Waals surface area contributed by atoms with Crippen molar-refractivity contribution in [1.29, 1.82) is 0 Å². The van der Waals surface area contributed by atoms with Crippen LogP contribution >= 0.6 is 0 Å². The molecule has 0 saturated heterocycles. The van der Waals surface area contributed by atoms with Gasteiger partial charge in [-0.05, 0) is 60.9 Å². The summed E-state index contributed by atoms with van der Waals surface area (Å²) in [4.78, 5) is 24.2. The van der Waals surface area contributed by atoms with Crippen LogP contribution in [0.5, 0.6) is 0 Å². The second kappa shape index (κ2) is 7.45. The summed E-state index contributed by atoms with van der Waals surface area (Å²) < 4.78 is 1.74. The molecular formula is C21H20N4O2. The Hall–Kier alpha value is -3.41. The number of benzene rings is 2. The van der Waals surface area contributed by atoms with Gasteiger partial charge < -0.3 is 10.6 Å². The fraction of sp³-hybridized carbons (Fsp3) is 0.190. The molecule has 1 saturated carbocycles. The molecular weight excluding hydrogens is 340 g/mol. The molecule has 4 rings (SSSR count). The zero-order chi connectivity index (χ0) is 18.6. The zero-order valence-electron chi connectivity index (χ0n) is 14.8. The predicted octanol–water partition coefficient (Wildman–Crippen LogP) is 3.15. The fourth-order valence-electron chi connectivity index (χ4n) is 2.82. The van der Waals surface area contributed by atoms with E-state index in [1.54, 1.807) is 23.0 Å². The molecule has 6 heteroatoms. The van der Waals surface area contributed by atoms with E-state index in [9.17, 15) is 9.59 Å². The fourth-order valence-corrected chi connectivity index (χ4v) is 2.82. The number of nitrogens with one attached hydrogen (secondary N) is 2.